The van der Waals surface area contributed by atoms with E-state index in [-0.39, 0.29) is 12.0 Å². The number of carbonyl (C=O) groups excluding carboxylic acids is 1. The molecule has 0 radical (unpaired) electrons. The summed E-state index contributed by atoms with van der Waals surface area (Å²) in [6.45, 7) is 1.43. The molecule has 7 nitrogen and oxygen atoms in total. The first-order valence-electron chi connectivity index (χ1n) is 9.17. The Bertz CT molecular complexity index is 769. The molecule has 26 heavy (non-hydrogen) atoms. The fourth-order valence-electron chi connectivity index (χ4n) is 3.21. The molecule has 2 aliphatic rings. The first-order chi connectivity index (χ1) is 12.3. The molecule has 8 heteroatoms. The minimum absolute atomic E-state index is 0.0265. The minimum Gasteiger partial charge on any atom is -0.486 e. The molecular formula is C18H27N3O4S. The molecule has 0 aromatic heterocycles. The van der Waals surface area contributed by atoms with Crippen LogP contribution in [0.25, 0.3) is 0 Å². The van der Waals surface area contributed by atoms with E-state index in [1.807, 2.05) is 6.07 Å². The monoisotopic (exact) mass is 381 g/mol. The molecule has 0 atom stereocenters. The molecule has 0 bridgehead atoms. The third-order valence-electron chi connectivity index (χ3n) is 4.48. The average molecular weight is 381 g/mol. The number of hydrogen-bond acceptors (Lipinski definition) is 5. The van der Waals surface area contributed by atoms with Crippen LogP contribution in [0.4, 0.5) is 17.1 Å². The molecule has 2 fully saturated rings. The molecule has 0 aliphatic heterocycles. The van der Waals surface area contributed by atoms with Gasteiger partial charge in [-0.05, 0) is 50.7 Å². The Labute approximate surface area is 154 Å². The van der Waals surface area contributed by atoms with E-state index < -0.39 is 10.0 Å². The maximum absolute atomic E-state index is 11.9. The van der Waals surface area contributed by atoms with Gasteiger partial charge in [0.05, 0.1) is 23.7 Å². The second kappa shape index (κ2) is 7.73. The molecule has 0 saturated heterocycles. The zero-order valence-electron chi connectivity index (χ0n) is 15.3. The number of hydrogen-bond donors (Lipinski definition) is 3. The van der Waals surface area contributed by atoms with Gasteiger partial charge in [-0.1, -0.05) is 6.42 Å². The number of benzene rings is 1. The molecule has 0 spiro atoms. The summed E-state index contributed by atoms with van der Waals surface area (Å²) in [7, 11) is -3.49. The number of sulfonamides is 1. The lowest BCUT2D eigenvalue weighted by molar-refractivity contribution is -0.114. The van der Waals surface area contributed by atoms with Gasteiger partial charge in [0.1, 0.15) is 0 Å². The quantitative estimate of drug-likeness (QED) is 0.673. The molecule has 3 rings (SSSR count). The number of amides is 1. The number of ether oxygens (including phenoxy) is 1. The molecule has 2 aliphatic carbocycles. The van der Waals surface area contributed by atoms with E-state index in [1.165, 1.54) is 13.3 Å². The third-order valence-corrected chi connectivity index (χ3v) is 5.07. The summed E-state index contributed by atoms with van der Waals surface area (Å²) < 4.78 is 32.4. The summed E-state index contributed by atoms with van der Waals surface area (Å²) >= 11 is 0. The van der Waals surface area contributed by atoms with Crippen molar-refractivity contribution in [3.05, 3.63) is 12.1 Å². The second-order valence-electron chi connectivity index (χ2n) is 7.25. The van der Waals surface area contributed by atoms with Crippen molar-refractivity contribution < 1.29 is 17.9 Å². The van der Waals surface area contributed by atoms with Crippen LogP contribution in [0.5, 0.6) is 5.75 Å². The summed E-state index contributed by atoms with van der Waals surface area (Å²) in [5.74, 6) is 0.159. The Morgan fingerprint density at radius 2 is 1.73 bits per heavy atom. The predicted molar refractivity (Wildman–Crippen MR) is 103 cm³/mol. The molecule has 0 unspecified atom stereocenters. The van der Waals surface area contributed by atoms with E-state index in [2.05, 4.69) is 15.4 Å². The van der Waals surface area contributed by atoms with Gasteiger partial charge in [0, 0.05) is 18.7 Å². The third kappa shape index (κ3) is 5.52. The van der Waals surface area contributed by atoms with E-state index in [1.54, 1.807) is 6.07 Å². The van der Waals surface area contributed by atoms with Gasteiger partial charge in [0.2, 0.25) is 15.9 Å². The van der Waals surface area contributed by atoms with Gasteiger partial charge in [-0.25, -0.2) is 8.42 Å². The molecule has 2 saturated carbocycles. The van der Waals surface area contributed by atoms with E-state index >= 15 is 0 Å². The molecule has 1 aromatic rings. The number of anilines is 3. The summed E-state index contributed by atoms with van der Waals surface area (Å²) in [5, 5.41) is 6.13. The van der Waals surface area contributed by atoms with Gasteiger partial charge in [-0.15, -0.1) is 0 Å². The van der Waals surface area contributed by atoms with Gasteiger partial charge in [0.25, 0.3) is 0 Å². The zero-order valence-corrected chi connectivity index (χ0v) is 16.1. The molecule has 0 heterocycles. The topological polar surface area (TPSA) is 96.5 Å². The summed E-state index contributed by atoms with van der Waals surface area (Å²) in [5.41, 5.74) is 1.60. The Morgan fingerprint density at radius 3 is 2.31 bits per heavy atom. The fourth-order valence-corrected chi connectivity index (χ4v) is 3.76. The SMILES string of the molecule is CC(=O)Nc1cc(NC2CC2)cc(NS(C)(=O)=O)c1OC1CCCCC1. The number of rotatable bonds is 7. The average Bonchev–Trinajstić information content (AvgIpc) is 3.33. The summed E-state index contributed by atoms with van der Waals surface area (Å²) in [6, 6.07) is 3.95. The van der Waals surface area contributed by atoms with E-state index in [9.17, 15) is 13.2 Å². The van der Waals surface area contributed by atoms with E-state index in [0.717, 1.165) is 50.5 Å². The Morgan fingerprint density at radius 1 is 1.08 bits per heavy atom. The number of nitrogens with one attached hydrogen (secondary N) is 3. The van der Waals surface area contributed by atoms with Crippen LogP contribution in [0, 0.1) is 0 Å². The first kappa shape index (κ1) is 18.8. The highest BCUT2D eigenvalue weighted by Crippen LogP contribution is 2.40. The normalized spacial score (nSPS) is 18.2. The minimum atomic E-state index is -3.49. The van der Waals surface area contributed by atoms with Crippen molar-refractivity contribution in [2.75, 3.05) is 21.6 Å². The van der Waals surface area contributed by atoms with Crippen LogP contribution in [0.1, 0.15) is 51.9 Å². The Balaban J connectivity index is 1.97. The maximum Gasteiger partial charge on any atom is 0.229 e. The highest BCUT2D eigenvalue weighted by Gasteiger charge is 2.25. The molecule has 1 aromatic carbocycles. The van der Waals surface area contributed by atoms with Crippen LogP contribution in [-0.2, 0) is 14.8 Å². The highest BCUT2D eigenvalue weighted by atomic mass is 32.2. The largest absolute Gasteiger partial charge is 0.486 e. The number of carbonyl (C=O) groups is 1. The van der Waals surface area contributed by atoms with Crippen molar-refractivity contribution in [1.82, 2.24) is 0 Å². The first-order valence-corrected chi connectivity index (χ1v) is 11.1. The van der Waals surface area contributed by atoms with Gasteiger partial charge in [-0.3, -0.25) is 9.52 Å². The van der Waals surface area contributed by atoms with Gasteiger partial charge in [-0.2, -0.15) is 0 Å². The van der Waals surface area contributed by atoms with Gasteiger partial charge in [0.15, 0.2) is 5.75 Å². The standard InChI is InChI=1S/C18H27N3O4S/c1-12(22)19-16-10-14(20-13-8-9-13)11-17(21-26(2,23)24)18(16)25-15-6-4-3-5-7-15/h10-11,13,15,20-21H,3-9H2,1-2H3,(H,19,22). The van der Waals surface area contributed by atoms with E-state index in [4.69, 9.17) is 4.74 Å². The lowest BCUT2D eigenvalue weighted by atomic mass is 9.98. The molecule has 144 valence electrons. The van der Waals surface area contributed by atoms with Crippen LogP contribution < -0.4 is 20.1 Å². The van der Waals surface area contributed by atoms with Crippen LogP contribution in [0.3, 0.4) is 0 Å². The van der Waals surface area contributed by atoms with Crippen LogP contribution in [-0.4, -0.2) is 32.7 Å². The fraction of sp³-hybridized carbons (Fsp3) is 0.611. The smallest absolute Gasteiger partial charge is 0.229 e. The van der Waals surface area contributed by atoms with Crippen LogP contribution >= 0.6 is 0 Å². The Kier molecular flexibility index (Phi) is 5.60. The zero-order chi connectivity index (χ0) is 18.7. The van der Waals surface area contributed by atoms with Crippen LogP contribution in [0.15, 0.2) is 12.1 Å². The van der Waals surface area contributed by atoms with Crippen molar-refractivity contribution in [1.29, 1.82) is 0 Å². The van der Waals surface area contributed by atoms with Crippen LogP contribution in [0.2, 0.25) is 0 Å². The molecular weight excluding hydrogens is 354 g/mol. The molecule has 3 N–H and O–H groups in total. The highest BCUT2D eigenvalue weighted by molar-refractivity contribution is 7.92. The van der Waals surface area contributed by atoms with Gasteiger partial charge >= 0.3 is 0 Å². The van der Waals surface area contributed by atoms with Crippen molar-refractivity contribution in [2.45, 2.75) is 64.0 Å². The summed E-state index contributed by atoms with van der Waals surface area (Å²) in [6.07, 6.45) is 8.55. The van der Waals surface area contributed by atoms with Crippen molar-refractivity contribution >= 4 is 33.0 Å². The van der Waals surface area contributed by atoms with Crippen molar-refractivity contribution in [2.24, 2.45) is 0 Å². The van der Waals surface area contributed by atoms with Crippen molar-refractivity contribution in [3.63, 3.8) is 0 Å². The lowest BCUT2D eigenvalue weighted by Crippen LogP contribution is -2.22. The molecule has 1 amide bonds. The maximum atomic E-state index is 11.9. The van der Waals surface area contributed by atoms with E-state index in [0.29, 0.717) is 23.2 Å². The Hall–Kier alpha value is -1.96. The second-order valence-corrected chi connectivity index (χ2v) is 9.00. The lowest BCUT2D eigenvalue weighted by Gasteiger charge is -2.26. The predicted octanol–water partition coefficient (Wildman–Crippen LogP) is 3.30. The van der Waals surface area contributed by atoms with Crippen molar-refractivity contribution in [3.8, 4) is 5.75 Å². The summed E-state index contributed by atoms with van der Waals surface area (Å²) in [4.78, 5) is 11.7. The van der Waals surface area contributed by atoms with Gasteiger partial charge < -0.3 is 15.4 Å².